The van der Waals surface area contributed by atoms with Crippen molar-refractivity contribution in [1.29, 1.82) is 0 Å². The predicted molar refractivity (Wildman–Crippen MR) is 128 cm³/mol. The summed E-state index contributed by atoms with van der Waals surface area (Å²) < 4.78 is 0. The molecule has 0 N–H and O–H groups in total. The Balaban J connectivity index is 1.77. The number of anilines is 3. The highest BCUT2D eigenvalue weighted by atomic mass is 15.2. The lowest BCUT2D eigenvalue weighted by Gasteiger charge is -2.27. The molecule has 3 heteroatoms. The molecular formula is C28H21N3. The zero-order chi connectivity index (χ0) is 20.9. The number of rotatable bonds is 5. The van der Waals surface area contributed by atoms with E-state index in [0.29, 0.717) is 0 Å². The third-order valence-corrected chi connectivity index (χ3v) is 5.18. The second-order valence-electron chi connectivity index (χ2n) is 7.15. The third-order valence-electron chi connectivity index (χ3n) is 5.18. The fourth-order valence-corrected chi connectivity index (χ4v) is 3.76. The molecule has 3 nitrogen and oxygen atoms in total. The molecule has 0 radical (unpaired) electrons. The number of nitrogens with zero attached hydrogens (tertiary/aromatic N) is 3. The molecule has 2 aromatic heterocycles. The summed E-state index contributed by atoms with van der Waals surface area (Å²) in [5.41, 5.74) is 5.34. The number of benzene rings is 3. The molecule has 3 aromatic carbocycles. The van der Waals surface area contributed by atoms with E-state index < -0.39 is 0 Å². The molecule has 0 bridgehead atoms. The summed E-state index contributed by atoms with van der Waals surface area (Å²) in [5.74, 6) is 1.69. The SMILES string of the molecule is c1ccc(-c2cccnc2N(c2ccccc2)c2ncccc2-c2ccccc2)cc1. The molecular weight excluding hydrogens is 378 g/mol. The third kappa shape index (κ3) is 3.81. The molecule has 0 aliphatic carbocycles. The minimum Gasteiger partial charge on any atom is -0.278 e. The number of aromatic nitrogens is 2. The Hall–Kier alpha value is -4.24. The lowest BCUT2D eigenvalue weighted by Crippen LogP contribution is -2.15. The number of hydrogen-bond donors (Lipinski definition) is 0. The molecule has 0 spiro atoms. The summed E-state index contributed by atoms with van der Waals surface area (Å²) in [6.45, 7) is 0. The van der Waals surface area contributed by atoms with Crippen LogP contribution in [0, 0.1) is 0 Å². The molecule has 0 fully saturated rings. The summed E-state index contributed by atoms with van der Waals surface area (Å²) in [7, 11) is 0. The van der Waals surface area contributed by atoms with E-state index in [-0.39, 0.29) is 0 Å². The van der Waals surface area contributed by atoms with Crippen LogP contribution in [-0.2, 0) is 0 Å². The largest absolute Gasteiger partial charge is 0.278 e. The molecule has 0 saturated heterocycles. The zero-order valence-corrected chi connectivity index (χ0v) is 17.0. The van der Waals surface area contributed by atoms with Crippen LogP contribution in [0.25, 0.3) is 22.3 Å². The van der Waals surface area contributed by atoms with E-state index in [1.54, 1.807) is 0 Å². The summed E-state index contributed by atoms with van der Waals surface area (Å²) >= 11 is 0. The van der Waals surface area contributed by atoms with Gasteiger partial charge in [0.25, 0.3) is 0 Å². The summed E-state index contributed by atoms with van der Waals surface area (Å²) in [6.07, 6.45) is 3.67. The molecule has 0 aliphatic heterocycles. The average molecular weight is 399 g/mol. The van der Waals surface area contributed by atoms with Gasteiger partial charge < -0.3 is 0 Å². The second-order valence-corrected chi connectivity index (χ2v) is 7.15. The highest BCUT2D eigenvalue weighted by molar-refractivity contribution is 5.89. The Labute approximate surface area is 182 Å². The van der Waals surface area contributed by atoms with E-state index in [4.69, 9.17) is 9.97 Å². The minimum absolute atomic E-state index is 0.843. The maximum atomic E-state index is 4.83. The standard InChI is InChI=1S/C28H21N3/c1-4-12-22(13-5-1)25-18-10-20-29-27(25)31(24-16-8-3-9-17-24)28-26(19-11-21-30-28)23-14-6-2-7-15-23/h1-21H. The van der Waals surface area contributed by atoms with Crippen LogP contribution in [0.4, 0.5) is 17.3 Å². The van der Waals surface area contributed by atoms with Gasteiger partial charge in [0.2, 0.25) is 0 Å². The monoisotopic (exact) mass is 399 g/mol. The maximum absolute atomic E-state index is 4.83. The van der Waals surface area contributed by atoms with E-state index in [2.05, 4.69) is 77.7 Å². The van der Waals surface area contributed by atoms with Crippen molar-refractivity contribution in [3.8, 4) is 22.3 Å². The smallest absolute Gasteiger partial charge is 0.146 e. The average Bonchev–Trinajstić information content (AvgIpc) is 2.87. The van der Waals surface area contributed by atoms with Crippen molar-refractivity contribution in [2.75, 3.05) is 4.90 Å². The highest BCUT2D eigenvalue weighted by Crippen LogP contribution is 2.41. The van der Waals surface area contributed by atoms with Crippen LogP contribution in [0.5, 0.6) is 0 Å². The molecule has 0 saturated carbocycles. The van der Waals surface area contributed by atoms with Gasteiger partial charge in [-0.1, -0.05) is 78.9 Å². The Bertz CT molecular complexity index is 1190. The molecule has 148 valence electrons. The van der Waals surface area contributed by atoms with Gasteiger partial charge >= 0.3 is 0 Å². The van der Waals surface area contributed by atoms with Crippen molar-refractivity contribution in [2.45, 2.75) is 0 Å². The van der Waals surface area contributed by atoms with Gasteiger partial charge in [0.1, 0.15) is 11.6 Å². The fraction of sp³-hybridized carbons (Fsp3) is 0. The Morgan fingerprint density at radius 1 is 0.419 bits per heavy atom. The van der Waals surface area contributed by atoms with Crippen molar-refractivity contribution in [3.05, 3.63) is 128 Å². The van der Waals surface area contributed by atoms with Crippen LogP contribution in [0.2, 0.25) is 0 Å². The molecule has 0 unspecified atom stereocenters. The lowest BCUT2D eigenvalue weighted by atomic mass is 10.0. The quantitative estimate of drug-likeness (QED) is 0.311. The topological polar surface area (TPSA) is 29.0 Å². The van der Waals surface area contributed by atoms with E-state index >= 15 is 0 Å². The van der Waals surface area contributed by atoms with Crippen LogP contribution in [-0.4, -0.2) is 9.97 Å². The zero-order valence-electron chi connectivity index (χ0n) is 17.0. The van der Waals surface area contributed by atoms with Gasteiger partial charge in [-0.25, -0.2) is 9.97 Å². The van der Waals surface area contributed by atoms with Crippen molar-refractivity contribution in [2.24, 2.45) is 0 Å². The first-order valence-electron chi connectivity index (χ1n) is 10.3. The Morgan fingerprint density at radius 2 is 0.839 bits per heavy atom. The number of para-hydroxylation sites is 1. The Kier molecular flexibility index (Phi) is 5.23. The normalized spacial score (nSPS) is 10.6. The maximum Gasteiger partial charge on any atom is 0.146 e. The first kappa shape index (κ1) is 18.8. The van der Waals surface area contributed by atoms with Gasteiger partial charge in [-0.15, -0.1) is 0 Å². The van der Waals surface area contributed by atoms with Gasteiger partial charge in [-0.05, 0) is 47.5 Å². The van der Waals surface area contributed by atoms with Gasteiger partial charge in [0, 0.05) is 29.2 Å². The van der Waals surface area contributed by atoms with E-state index in [1.165, 1.54) is 0 Å². The van der Waals surface area contributed by atoms with Crippen LogP contribution in [0.15, 0.2) is 128 Å². The van der Waals surface area contributed by atoms with E-state index in [0.717, 1.165) is 39.6 Å². The molecule has 0 amide bonds. The molecule has 2 heterocycles. The Morgan fingerprint density at radius 3 is 1.29 bits per heavy atom. The molecule has 5 rings (SSSR count). The lowest BCUT2D eigenvalue weighted by molar-refractivity contribution is 1.13. The summed E-state index contributed by atoms with van der Waals surface area (Å²) in [5, 5.41) is 0. The van der Waals surface area contributed by atoms with Gasteiger partial charge in [0.15, 0.2) is 0 Å². The van der Waals surface area contributed by atoms with Gasteiger partial charge in [-0.2, -0.15) is 0 Å². The van der Waals surface area contributed by atoms with Crippen LogP contribution in [0.3, 0.4) is 0 Å². The molecule has 0 aliphatic rings. The number of pyridine rings is 2. The van der Waals surface area contributed by atoms with Crippen molar-refractivity contribution < 1.29 is 0 Å². The van der Waals surface area contributed by atoms with E-state index in [1.807, 2.05) is 54.9 Å². The first-order chi connectivity index (χ1) is 15.4. The minimum atomic E-state index is 0.843. The van der Waals surface area contributed by atoms with Gasteiger partial charge in [-0.3, -0.25) is 4.90 Å². The van der Waals surface area contributed by atoms with Crippen LogP contribution >= 0.6 is 0 Å². The fourth-order valence-electron chi connectivity index (χ4n) is 3.76. The summed E-state index contributed by atoms with van der Waals surface area (Å²) in [6, 6.07) is 39.2. The second kappa shape index (κ2) is 8.64. The van der Waals surface area contributed by atoms with Gasteiger partial charge in [0.05, 0.1) is 0 Å². The highest BCUT2D eigenvalue weighted by Gasteiger charge is 2.22. The first-order valence-corrected chi connectivity index (χ1v) is 10.3. The van der Waals surface area contributed by atoms with Crippen molar-refractivity contribution in [1.82, 2.24) is 9.97 Å². The summed E-state index contributed by atoms with van der Waals surface area (Å²) in [4.78, 5) is 11.8. The molecule has 0 atom stereocenters. The van der Waals surface area contributed by atoms with E-state index in [9.17, 15) is 0 Å². The van der Waals surface area contributed by atoms with Crippen LogP contribution < -0.4 is 4.90 Å². The predicted octanol–water partition coefficient (Wildman–Crippen LogP) is 7.28. The van der Waals surface area contributed by atoms with Crippen molar-refractivity contribution >= 4 is 17.3 Å². The molecule has 31 heavy (non-hydrogen) atoms. The van der Waals surface area contributed by atoms with Crippen molar-refractivity contribution in [3.63, 3.8) is 0 Å². The number of hydrogen-bond acceptors (Lipinski definition) is 3. The van der Waals surface area contributed by atoms with Crippen LogP contribution in [0.1, 0.15) is 0 Å². The molecule has 5 aromatic rings.